The highest BCUT2D eigenvalue weighted by atomic mass is 16.5. The molecule has 0 bridgehead atoms. The van der Waals surface area contributed by atoms with Crippen molar-refractivity contribution < 1.29 is 9.53 Å². The van der Waals surface area contributed by atoms with Gasteiger partial charge < -0.3 is 9.64 Å². The number of hydrogen-bond donors (Lipinski definition) is 0. The highest BCUT2D eigenvalue weighted by molar-refractivity contribution is 5.99. The molecule has 3 heteroatoms. The number of para-hydroxylation sites is 2. The van der Waals surface area contributed by atoms with Gasteiger partial charge >= 0.3 is 0 Å². The topological polar surface area (TPSA) is 29.5 Å². The van der Waals surface area contributed by atoms with Crippen molar-refractivity contribution in [1.82, 2.24) is 0 Å². The molecule has 0 spiro atoms. The molecule has 2 rings (SSSR count). The van der Waals surface area contributed by atoms with Crippen LogP contribution in [0.25, 0.3) is 0 Å². The maximum atomic E-state index is 12.3. The highest BCUT2D eigenvalue weighted by Crippen LogP contribution is 2.26. The van der Waals surface area contributed by atoms with Crippen LogP contribution in [0.1, 0.15) is 22.8 Å². The first-order valence-corrected chi connectivity index (χ1v) is 7.12. The number of methoxy groups -OCH3 is 1. The first kappa shape index (κ1) is 15.1. The van der Waals surface area contributed by atoms with E-state index >= 15 is 0 Å². The molecule has 110 valence electrons. The summed E-state index contributed by atoms with van der Waals surface area (Å²) in [5.41, 5.74) is 2.90. The molecule has 0 aromatic heterocycles. The first-order valence-electron chi connectivity index (χ1n) is 7.12. The summed E-state index contributed by atoms with van der Waals surface area (Å²) in [7, 11) is 3.54. The fourth-order valence-corrected chi connectivity index (χ4v) is 2.26. The number of rotatable bonds is 6. The third-order valence-corrected chi connectivity index (χ3v) is 3.56. The molecule has 0 aliphatic rings. The summed E-state index contributed by atoms with van der Waals surface area (Å²) in [4.78, 5) is 14.3. The zero-order chi connectivity index (χ0) is 15.2. The molecule has 0 unspecified atom stereocenters. The molecule has 2 aromatic rings. The monoisotopic (exact) mass is 283 g/mol. The number of ether oxygens (including phenoxy) is 1. The number of carbonyl (C=O) groups excluding carboxylic acids is 1. The summed E-state index contributed by atoms with van der Waals surface area (Å²) < 4.78 is 5.33. The molecule has 0 radical (unpaired) electrons. The average Bonchev–Trinajstić information content (AvgIpc) is 2.54. The summed E-state index contributed by atoms with van der Waals surface area (Å²) in [5.74, 6) is 0.875. The SMILES string of the molecule is CCc1ccc(C(=O)CN(C)c2ccccc2OC)cc1. The van der Waals surface area contributed by atoms with E-state index in [2.05, 4.69) is 6.92 Å². The number of ketones is 1. The van der Waals surface area contributed by atoms with Gasteiger partial charge in [-0.05, 0) is 24.1 Å². The van der Waals surface area contributed by atoms with E-state index < -0.39 is 0 Å². The third kappa shape index (κ3) is 3.63. The predicted octanol–water partition coefficient (Wildman–Crippen LogP) is 3.58. The smallest absolute Gasteiger partial charge is 0.182 e. The minimum Gasteiger partial charge on any atom is -0.495 e. The molecule has 0 amide bonds. The minimum absolute atomic E-state index is 0.103. The Hall–Kier alpha value is -2.29. The van der Waals surface area contributed by atoms with Gasteiger partial charge in [0.15, 0.2) is 5.78 Å². The lowest BCUT2D eigenvalue weighted by atomic mass is 10.1. The average molecular weight is 283 g/mol. The number of Topliss-reactive ketones (excluding diaryl/α,β-unsaturated/α-hetero) is 1. The lowest BCUT2D eigenvalue weighted by molar-refractivity contribution is 0.100. The molecule has 0 aliphatic heterocycles. The van der Waals surface area contributed by atoms with Crippen LogP contribution in [-0.2, 0) is 6.42 Å². The Bertz CT molecular complexity index is 605. The fraction of sp³-hybridized carbons (Fsp3) is 0.278. The normalized spacial score (nSPS) is 10.2. The van der Waals surface area contributed by atoms with E-state index in [1.54, 1.807) is 7.11 Å². The van der Waals surface area contributed by atoms with E-state index in [4.69, 9.17) is 4.74 Å². The number of hydrogen-bond acceptors (Lipinski definition) is 3. The maximum absolute atomic E-state index is 12.3. The molecule has 0 fully saturated rings. The molecular weight excluding hydrogens is 262 g/mol. The van der Waals surface area contributed by atoms with Gasteiger partial charge in [0.05, 0.1) is 19.3 Å². The number of nitrogens with zero attached hydrogens (tertiary/aromatic N) is 1. The number of carbonyl (C=O) groups is 1. The van der Waals surface area contributed by atoms with Crippen LogP contribution in [-0.4, -0.2) is 26.5 Å². The van der Waals surface area contributed by atoms with Gasteiger partial charge in [-0.2, -0.15) is 0 Å². The van der Waals surface area contributed by atoms with Crippen LogP contribution in [0, 0.1) is 0 Å². The Kier molecular flexibility index (Phi) is 4.99. The maximum Gasteiger partial charge on any atom is 0.182 e. The Morgan fingerprint density at radius 1 is 1.10 bits per heavy atom. The van der Waals surface area contributed by atoms with Crippen molar-refractivity contribution in [3.8, 4) is 5.75 Å². The lowest BCUT2D eigenvalue weighted by Gasteiger charge is -2.20. The second-order valence-electron chi connectivity index (χ2n) is 5.00. The standard InChI is InChI=1S/C18H21NO2/c1-4-14-9-11-15(12-10-14)17(20)13-19(2)16-7-5-6-8-18(16)21-3/h5-12H,4,13H2,1-3H3. The van der Waals surface area contributed by atoms with E-state index in [-0.39, 0.29) is 5.78 Å². The van der Waals surface area contributed by atoms with E-state index in [1.165, 1.54) is 5.56 Å². The Balaban J connectivity index is 2.11. The molecule has 0 heterocycles. The molecule has 0 atom stereocenters. The van der Waals surface area contributed by atoms with Gasteiger partial charge in [0.1, 0.15) is 5.75 Å². The van der Waals surface area contributed by atoms with E-state index in [1.807, 2.05) is 60.5 Å². The summed E-state index contributed by atoms with van der Waals surface area (Å²) >= 11 is 0. The Morgan fingerprint density at radius 2 is 1.76 bits per heavy atom. The van der Waals surface area contributed by atoms with Gasteiger partial charge in [0, 0.05) is 12.6 Å². The van der Waals surface area contributed by atoms with Crippen LogP contribution in [0.15, 0.2) is 48.5 Å². The van der Waals surface area contributed by atoms with Crippen LogP contribution in [0.3, 0.4) is 0 Å². The quantitative estimate of drug-likeness (QED) is 0.759. The van der Waals surface area contributed by atoms with E-state index in [0.29, 0.717) is 6.54 Å². The van der Waals surface area contributed by atoms with Gasteiger partial charge in [-0.1, -0.05) is 43.3 Å². The molecule has 0 saturated heterocycles. The van der Waals surface area contributed by atoms with Gasteiger partial charge in [0.25, 0.3) is 0 Å². The van der Waals surface area contributed by atoms with Gasteiger partial charge in [0.2, 0.25) is 0 Å². The van der Waals surface area contributed by atoms with Crippen molar-refractivity contribution >= 4 is 11.5 Å². The second kappa shape index (κ2) is 6.93. The number of anilines is 1. The summed E-state index contributed by atoms with van der Waals surface area (Å²) in [6.45, 7) is 2.43. The van der Waals surface area contributed by atoms with Crippen molar-refractivity contribution in [2.24, 2.45) is 0 Å². The molecule has 0 aliphatic carbocycles. The molecular formula is C18H21NO2. The van der Waals surface area contributed by atoms with Crippen molar-refractivity contribution in [2.45, 2.75) is 13.3 Å². The minimum atomic E-state index is 0.103. The molecule has 0 N–H and O–H groups in total. The second-order valence-corrected chi connectivity index (χ2v) is 5.00. The highest BCUT2D eigenvalue weighted by Gasteiger charge is 2.12. The van der Waals surface area contributed by atoms with Crippen molar-refractivity contribution in [2.75, 3.05) is 25.6 Å². The Morgan fingerprint density at radius 3 is 2.38 bits per heavy atom. The van der Waals surface area contributed by atoms with Crippen molar-refractivity contribution in [3.63, 3.8) is 0 Å². The van der Waals surface area contributed by atoms with Crippen LogP contribution in [0.4, 0.5) is 5.69 Å². The van der Waals surface area contributed by atoms with E-state index in [0.717, 1.165) is 23.4 Å². The van der Waals surface area contributed by atoms with Gasteiger partial charge in [-0.25, -0.2) is 0 Å². The summed E-state index contributed by atoms with van der Waals surface area (Å²) in [6, 6.07) is 15.5. The summed E-state index contributed by atoms with van der Waals surface area (Å²) in [5, 5.41) is 0. The van der Waals surface area contributed by atoms with Crippen molar-refractivity contribution in [3.05, 3.63) is 59.7 Å². The largest absolute Gasteiger partial charge is 0.495 e. The summed E-state index contributed by atoms with van der Waals surface area (Å²) in [6.07, 6.45) is 0.982. The number of benzene rings is 2. The van der Waals surface area contributed by atoms with E-state index in [9.17, 15) is 4.79 Å². The van der Waals surface area contributed by atoms with Gasteiger partial charge in [-0.15, -0.1) is 0 Å². The first-order chi connectivity index (χ1) is 10.2. The Labute approximate surface area is 126 Å². The number of aryl methyl sites for hydroxylation is 1. The lowest BCUT2D eigenvalue weighted by Crippen LogP contribution is -2.26. The molecule has 0 saturated carbocycles. The predicted molar refractivity (Wildman–Crippen MR) is 86.4 cm³/mol. The van der Waals surface area contributed by atoms with Gasteiger partial charge in [-0.3, -0.25) is 4.79 Å². The molecule has 2 aromatic carbocycles. The van der Waals surface area contributed by atoms with Crippen LogP contribution in [0.5, 0.6) is 5.75 Å². The third-order valence-electron chi connectivity index (χ3n) is 3.56. The molecule has 3 nitrogen and oxygen atoms in total. The van der Waals surface area contributed by atoms with Crippen LogP contribution in [0.2, 0.25) is 0 Å². The number of likely N-dealkylation sites (N-methyl/N-ethyl adjacent to an activating group) is 1. The zero-order valence-corrected chi connectivity index (χ0v) is 12.8. The fourth-order valence-electron chi connectivity index (χ4n) is 2.26. The van der Waals surface area contributed by atoms with Crippen molar-refractivity contribution in [1.29, 1.82) is 0 Å². The molecule has 21 heavy (non-hydrogen) atoms. The van der Waals surface area contributed by atoms with Crippen LogP contribution < -0.4 is 9.64 Å². The zero-order valence-electron chi connectivity index (χ0n) is 12.8. The van der Waals surface area contributed by atoms with Crippen LogP contribution >= 0.6 is 0 Å².